The quantitative estimate of drug-likeness (QED) is 0.261. The number of rotatable bonds is 6. The van der Waals surface area contributed by atoms with Crippen LogP contribution >= 0.6 is 0 Å². The van der Waals surface area contributed by atoms with Gasteiger partial charge in [0.15, 0.2) is 6.40 Å². The van der Waals surface area contributed by atoms with Crippen LogP contribution in [0.2, 0.25) is 0 Å². The van der Waals surface area contributed by atoms with Gasteiger partial charge in [-0.1, -0.05) is 12.7 Å². The van der Waals surface area contributed by atoms with Crippen molar-refractivity contribution in [1.82, 2.24) is 5.48 Å². The van der Waals surface area contributed by atoms with E-state index in [1.165, 1.54) is 6.40 Å². The summed E-state index contributed by atoms with van der Waals surface area (Å²) in [7, 11) is 1.67. The molecule has 62 valence electrons. The molecule has 0 bridgehead atoms. The molecule has 0 aliphatic carbocycles. The summed E-state index contributed by atoms with van der Waals surface area (Å²) in [6.45, 7) is 4.78. The molecule has 0 fully saturated rings. The summed E-state index contributed by atoms with van der Waals surface area (Å²) in [4.78, 5) is 12.5. The summed E-state index contributed by atoms with van der Waals surface area (Å²) in [5, 5.41) is 0. The van der Waals surface area contributed by atoms with Crippen LogP contribution < -0.4 is 5.48 Å². The van der Waals surface area contributed by atoms with Crippen molar-refractivity contribution >= 4 is 12.6 Å². The maximum atomic E-state index is 4.63. The molecular weight excluding hydrogens is 142 g/mol. The highest BCUT2D eigenvalue weighted by Crippen LogP contribution is 1.71. The van der Waals surface area contributed by atoms with Crippen molar-refractivity contribution in [3.8, 4) is 0 Å². The third-order valence-electron chi connectivity index (χ3n) is 0.814. The number of aliphatic imine (C=N–C) groups is 2. The zero-order valence-electron chi connectivity index (χ0n) is 6.66. The molecule has 4 heteroatoms. The Morgan fingerprint density at radius 3 is 2.82 bits per heavy atom. The van der Waals surface area contributed by atoms with Gasteiger partial charge in [0.05, 0.1) is 13.1 Å². The van der Waals surface area contributed by atoms with E-state index in [1.807, 2.05) is 0 Å². The Kier molecular flexibility index (Phi) is 7.91. The molecule has 0 spiro atoms. The molecule has 0 heterocycles. The summed E-state index contributed by atoms with van der Waals surface area (Å²) < 4.78 is 0. The Morgan fingerprint density at radius 2 is 2.18 bits per heavy atom. The predicted molar refractivity (Wildman–Crippen MR) is 47.1 cm³/mol. The molecule has 0 unspecified atom stereocenters. The molecule has 0 amide bonds. The molecule has 0 radical (unpaired) electrons. The fraction of sp³-hybridized carbons (Fsp3) is 0.429. The van der Waals surface area contributed by atoms with Crippen LogP contribution in [-0.4, -0.2) is 32.8 Å². The Labute approximate surface area is 66.6 Å². The number of hydrogen-bond donors (Lipinski definition) is 1. The average Bonchev–Trinajstić information content (AvgIpc) is 2.03. The van der Waals surface area contributed by atoms with Gasteiger partial charge in [-0.25, -0.2) is 0 Å². The number of hydrogen-bond acceptors (Lipinski definition) is 4. The lowest BCUT2D eigenvalue weighted by Crippen LogP contribution is -2.05. The molecule has 0 saturated carbocycles. The maximum Gasteiger partial charge on any atom is 0.196 e. The standard InChI is InChI=1S/C7H13N3O/c1-3-4-9-5-6-10-7-11-8-2/h3-4,7-8H,1,5-6H2,2H3. The van der Waals surface area contributed by atoms with Crippen LogP contribution in [0.5, 0.6) is 0 Å². The predicted octanol–water partition coefficient (Wildman–Crippen LogP) is 0.422. The zero-order valence-corrected chi connectivity index (χ0v) is 6.66. The summed E-state index contributed by atoms with van der Waals surface area (Å²) >= 11 is 0. The highest BCUT2D eigenvalue weighted by molar-refractivity contribution is 5.69. The van der Waals surface area contributed by atoms with E-state index < -0.39 is 0 Å². The first kappa shape index (κ1) is 9.84. The van der Waals surface area contributed by atoms with Crippen LogP contribution in [0.4, 0.5) is 0 Å². The number of nitrogens with zero attached hydrogens (tertiary/aromatic N) is 2. The van der Waals surface area contributed by atoms with Crippen molar-refractivity contribution in [3.05, 3.63) is 12.7 Å². The second kappa shape index (κ2) is 8.84. The first-order chi connectivity index (χ1) is 5.41. The lowest BCUT2D eigenvalue weighted by Gasteiger charge is -1.91. The van der Waals surface area contributed by atoms with Crippen molar-refractivity contribution in [1.29, 1.82) is 0 Å². The van der Waals surface area contributed by atoms with Crippen LogP contribution in [0.1, 0.15) is 0 Å². The van der Waals surface area contributed by atoms with Gasteiger partial charge in [-0.15, -0.1) is 0 Å². The van der Waals surface area contributed by atoms with Gasteiger partial charge >= 0.3 is 0 Å². The van der Waals surface area contributed by atoms with Crippen molar-refractivity contribution < 1.29 is 4.84 Å². The molecule has 0 aromatic rings. The third-order valence-corrected chi connectivity index (χ3v) is 0.814. The highest BCUT2D eigenvalue weighted by atomic mass is 16.6. The molecule has 0 aliphatic heterocycles. The van der Waals surface area contributed by atoms with Gasteiger partial charge in [0.25, 0.3) is 0 Å². The van der Waals surface area contributed by atoms with E-state index in [0.29, 0.717) is 13.1 Å². The zero-order chi connectivity index (χ0) is 8.36. The van der Waals surface area contributed by atoms with Gasteiger partial charge in [-0.05, 0) is 0 Å². The molecule has 11 heavy (non-hydrogen) atoms. The van der Waals surface area contributed by atoms with E-state index in [0.717, 1.165) is 0 Å². The van der Waals surface area contributed by atoms with E-state index in [-0.39, 0.29) is 0 Å². The summed E-state index contributed by atoms with van der Waals surface area (Å²) in [6.07, 6.45) is 4.63. The van der Waals surface area contributed by atoms with Gasteiger partial charge in [0, 0.05) is 13.3 Å². The number of allylic oxidation sites excluding steroid dienone is 1. The Balaban J connectivity index is 3.12. The second-order valence-electron chi connectivity index (χ2n) is 1.62. The molecule has 0 aromatic carbocycles. The van der Waals surface area contributed by atoms with Crippen LogP contribution in [0.25, 0.3) is 0 Å². The van der Waals surface area contributed by atoms with Gasteiger partial charge < -0.3 is 4.84 Å². The van der Waals surface area contributed by atoms with Crippen LogP contribution in [0, 0.1) is 0 Å². The van der Waals surface area contributed by atoms with Gasteiger partial charge in [-0.3, -0.25) is 9.98 Å². The van der Waals surface area contributed by atoms with E-state index >= 15 is 0 Å². The van der Waals surface area contributed by atoms with E-state index in [4.69, 9.17) is 0 Å². The average molecular weight is 155 g/mol. The van der Waals surface area contributed by atoms with E-state index in [1.54, 1.807) is 19.3 Å². The Hall–Kier alpha value is -1.16. The molecule has 0 atom stereocenters. The summed E-state index contributed by atoms with van der Waals surface area (Å²) in [5.41, 5.74) is 2.47. The minimum absolute atomic E-state index is 0.631. The normalized spacial score (nSPS) is 11.0. The second-order valence-corrected chi connectivity index (χ2v) is 1.62. The molecule has 0 saturated heterocycles. The largest absolute Gasteiger partial charge is 0.397 e. The van der Waals surface area contributed by atoms with Crippen molar-refractivity contribution in [2.24, 2.45) is 9.98 Å². The number of nitrogens with one attached hydrogen (secondary N) is 1. The SMILES string of the molecule is C=CC=NCCN=CONC. The molecule has 0 rings (SSSR count). The van der Waals surface area contributed by atoms with Crippen LogP contribution in [0.15, 0.2) is 22.6 Å². The van der Waals surface area contributed by atoms with E-state index in [2.05, 4.69) is 26.9 Å². The minimum atomic E-state index is 0.631. The van der Waals surface area contributed by atoms with Crippen LogP contribution in [0.3, 0.4) is 0 Å². The monoisotopic (exact) mass is 155 g/mol. The van der Waals surface area contributed by atoms with Crippen molar-refractivity contribution in [3.63, 3.8) is 0 Å². The fourth-order valence-electron chi connectivity index (χ4n) is 0.407. The number of hydroxylamine groups is 1. The minimum Gasteiger partial charge on any atom is -0.397 e. The van der Waals surface area contributed by atoms with Gasteiger partial charge in [0.1, 0.15) is 0 Å². The van der Waals surface area contributed by atoms with Crippen molar-refractivity contribution in [2.45, 2.75) is 0 Å². The molecule has 0 aliphatic rings. The fourth-order valence-corrected chi connectivity index (χ4v) is 0.407. The first-order valence-corrected chi connectivity index (χ1v) is 3.33. The van der Waals surface area contributed by atoms with E-state index in [9.17, 15) is 0 Å². The van der Waals surface area contributed by atoms with Crippen LogP contribution in [-0.2, 0) is 4.84 Å². The Morgan fingerprint density at radius 1 is 1.45 bits per heavy atom. The lowest BCUT2D eigenvalue weighted by atomic mass is 10.6. The van der Waals surface area contributed by atoms with Gasteiger partial charge in [-0.2, -0.15) is 5.48 Å². The molecule has 0 aromatic heterocycles. The van der Waals surface area contributed by atoms with Crippen molar-refractivity contribution in [2.75, 3.05) is 20.1 Å². The lowest BCUT2D eigenvalue weighted by molar-refractivity contribution is 0.221. The smallest absolute Gasteiger partial charge is 0.196 e. The molecule has 1 N–H and O–H groups in total. The Bertz CT molecular complexity index is 143. The highest BCUT2D eigenvalue weighted by Gasteiger charge is 1.75. The maximum absolute atomic E-state index is 4.63. The molecular formula is C7H13N3O. The third kappa shape index (κ3) is 8.84. The van der Waals surface area contributed by atoms with Gasteiger partial charge in [0.2, 0.25) is 0 Å². The molecule has 4 nitrogen and oxygen atoms in total. The topological polar surface area (TPSA) is 46.0 Å². The summed E-state index contributed by atoms with van der Waals surface area (Å²) in [5.74, 6) is 0. The first-order valence-electron chi connectivity index (χ1n) is 3.33. The summed E-state index contributed by atoms with van der Waals surface area (Å²) in [6, 6.07) is 0.